The average Bonchev–Trinajstić information content (AvgIpc) is 2.31. The first-order chi connectivity index (χ1) is 8.54. The summed E-state index contributed by atoms with van der Waals surface area (Å²) in [5, 5.41) is 9.59. The van der Waals surface area contributed by atoms with Crippen molar-refractivity contribution in [3.05, 3.63) is 28.2 Å². The third-order valence-corrected chi connectivity index (χ3v) is 2.97. The van der Waals surface area contributed by atoms with Gasteiger partial charge >= 0.3 is 5.97 Å². The van der Waals surface area contributed by atoms with E-state index in [9.17, 15) is 4.79 Å². The summed E-state index contributed by atoms with van der Waals surface area (Å²) in [4.78, 5) is 12.3. The highest BCUT2D eigenvalue weighted by atomic mass is 35.5. The van der Waals surface area contributed by atoms with Crippen LogP contribution >= 0.6 is 23.2 Å². The third kappa shape index (κ3) is 4.72. The van der Waals surface area contributed by atoms with Crippen molar-refractivity contribution in [2.45, 2.75) is 6.92 Å². The van der Waals surface area contributed by atoms with Crippen molar-refractivity contribution in [3.63, 3.8) is 0 Å². The molecule has 0 fully saturated rings. The second kappa shape index (κ2) is 7.46. The van der Waals surface area contributed by atoms with Crippen LogP contribution in [0.5, 0.6) is 5.75 Å². The van der Waals surface area contributed by atoms with E-state index in [-0.39, 0.29) is 6.54 Å². The molecule has 0 aliphatic carbocycles. The van der Waals surface area contributed by atoms with Gasteiger partial charge in [0.05, 0.1) is 16.6 Å². The van der Waals surface area contributed by atoms with Crippen molar-refractivity contribution >= 4 is 29.2 Å². The molecule has 0 atom stereocenters. The van der Waals surface area contributed by atoms with Crippen LogP contribution in [0.25, 0.3) is 0 Å². The van der Waals surface area contributed by atoms with E-state index in [1.54, 1.807) is 23.1 Å². The number of para-hydroxylation sites is 1. The lowest BCUT2D eigenvalue weighted by Crippen LogP contribution is -2.33. The van der Waals surface area contributed by atoms with E-state index in [2.05, 4.69) is 0 Å². The van der Waals surface area contributed by atoms with Crippen LogP contribution in [0.1, 0.15) is 6.92 Å². The molecule has 6 heteroatoms. The van der Waals surface area contributed by atoms with E-state index >= 15 is 0 Å². The van der Waals surface area contributed by atoms with Crippen LogP contribution in [-0.2, 0) is 4.79 Å². The molecule has 0 aliphatic heterocycles. The highest BCUT2D eigenvalue weighted by Crippen LogP contribution is 2.32. The Hall–Kier alpha value is -0.970. The number of benzene rings is 1. The van der Waals surface area contributed by atoms with Crippen molar-refractivity contribution < 1.29 is 14.6 Å². The smallest absolute Gasteiger partial charge is 0.317 e. The van der Waals surface area contributed by atoms with Gasteiger partial charge < -0.3 is 9.84 Å². The second-order valence-electron chi connectivity index (χ2n) is 3.66. The predicted octanol–water partition coefficient (Wildman–Crippen LogP) is 2.78. The summed E-state index contributed by atoms with van der Waals surface area (Å²) in [7, 11) is 0. The van der Waals surface area contributed by atoms with Crippen LogP contribution < -0.4 is 4.74 Å². The quantitative estimate of drug-likeness (QED) is 0.839. The van der Waals surface area contributed by atoms with Crippen LogP contribution in [0.15, 0.2) is 18.2 Å². The lowest BCUT2D eigenvalue weighted by atomic mass is 10.3. The van der Waals surface area contributed by atoms with E-state index in [1.165, 1.54) is 0 Å². The zero-order valence-corrected chi connectivity index (χ0v) is 11.5. The third-order valence-electron chi connectivity index (χ3n) is 2.38. The molecular weight excluding hydrogens is 277 g/mol. The molecule has 4 nitrogen and oxygen atoms in total. The van der Waals surface area contributed by atoms with Gasteiger partial charge in [0.2, 0.25) is 0 Å². The van der Waals surface area contributed by atoms with Gasteiger partial charge in [-0.05, 0) is 18.7 Å². The van der Waals surface area contributed by atoms with Crippen LogP contribution in [0.3, 0.4) is 0 Å². The number of nitrogens with zero attached hydrogens (tertiary/aromatic N) is 1. The molecule has 0 bridgehead atoms. The standard InChI is InChI=1S/C12H15Cl2NO3/c1-2-15(8-11(16)17)6-7-18-12-9(13)4-3-5-10(12)14/h3-5H,2,6-8H2,1H3,(H,16,17). The maximum Gasteiger partial charge on any atom is 0.317 e. The van der Waals surface area contributed by atoms with Crippen LogP contribution in [0.2, 0.25) is 10.0 Å². The average molecular weight is 292 g/mol. The predicted molar refractivity (Wildman–Crippen MR) is 71.7 cm³/mol. The Balaban J connectivity index is 2.48. The number of carbonyl (C=O) groups is 1. The fourth-order valence-electron chi connectivity index (χ4n) is 1.44. The molecule has 1 rings (SSSR count). The maximum absolute atomic E-state index is 10.6. The van der Waals surface area contributed by atoms with Crippen LogP contribution in [0.4, 0.5) is 0 Å². The first kappa shape index (κ1) is 15.1. The Morgan fingerprint density at radius 1 is 1.39 bits per heavy atom. The zero-order chi connectivity index (χ0) is 13.5. The Kier molecular flexibility index (Phi) is 6.25. The molecule has 0 heterocycles. The van der Waals surface area contributed by atoms with Crippen molar-refractivity contribution in [2.75, 3.05) is 26.2 Å². The van der Waals surface area contributed by atoms with Crippen molar-refractivity contribution in [1.29, 1.82) is 0 Å². The van der Waals surface area contributed by atoms with Crippen molar-refractivity contribution in [3.8, 4) is 5.75 Å². The van der Waals surface area contributed by atoms with Gasteiger partial charge in [-0.1, -0.05) is 36.2 Å². The molecule has 0 saturated heterocycles. The summed E-state index contributed by atoms with van der Waals surface area (Å²) in [6.45, 7) is 3.38. The van der Waals surface area contributed by atoms with Crippen LogP contribution in [0, 0.1) is 0 Å². The summed E-state index contributed by atoms with van der Waals surface area (Å²) in [6.07, 6.45) is 0. The number of ether oxygens (including phenoxy) is 1. The number of likely N-dealkylation sites (N-methyl/N-ethyl adjacent to an activating group) is 1. The lowest BCUT2D eigenvalue weighted by Gasteiger charge is -2.18. The van der Waals surface area contributed by atoms with Gasteiger partial charge in [-0.25, -0.2) is 0 Å². The largest absolute Gasteiger partial charge is 0.489 e. The van der Waals surface area contributed by atoms with Gasteiger partial charge in [0.25, 0.3) is 0 Å². The number of aliphatic carboxylic acids is 1. The first-order valence-electron chi connectivity index (χ1n) is 5.55. The number of carboxylic acids is 1. The van der Waals surface area contributed by atoms with Gasteiger partial charge in [-0.15, -0.1) is 0 Å². The molecule has 0 aromatic heterocycles. The molecule has 0 unspecified atom stereocenters. The highest BCUT2D eigenvalue weighted by molar-refractivity contribution is 6.37. The molecule has 0 spiro atoms. The molecule has 0 radical (unpaired) electrons. The van der Waals surface area contributed by atoms with E-state index in [0.29, 0.717) is 35.5 Å². The molecule has 1 aromatic carbocycles. The Morgan fingerprint density at radius 3 is 2.50 bits per heavy atom. The summed E-state index contributed by atoms with van der Waals surface area (Å²) in [5.41, 5.74) is 0. The molecule has 100 valence electrons. The topological polar surface area (TPSA) is 49.8 Å². The van der Waals surface area contributed by atoms with Crippen LogP contribution in [-0.4, -0.2) is 42.2 Å². The SMILES string of the molecule is CCN(CCOc1c(Cl)cccc1Cl)CC(=O)O. The van der Waals surface area contributed by atoms with E-state index < -0.39 is 5.97 Å². The van der Waals surface area contributed by atoms with E-state index in [1.807, 2.05) is 6.92 Å². The zero-order valence-electron chi connectivity index (χ0n) is 10.0. The van der Waals surface area contributed by atoms with Gasteiger partial charge in [0, 0.05) is 6.54 Å². The monoisotopic (exact) mass is 291 g/mol. The van der Waals surface area contributed by atoms with E-state index in [4.69, 9.17) is 33.0 Å². The number of hydrogen-bond donors (Lipinski definition) is 1. The summed E-state index contributed by atoms with van der Waals surface area (Å²) in [5.74, 6) is -0.417. The minimum atomic E-state index is -0.854. The first-order valence-corrected chi connectivity index (χ1v) is 6.31. The summed E-state index contributed by atoms with van der Waals surface area (Å²) < 4.78 is 5.48. The minimum absolute atomic E-state index is 0.00386. The fourth-order valence-corrected chi connectivity index (χ4v) is 1.94. The molecule has 0 amide bonds. The Labute approximate surface area is 116 Å². The van der Waals surface area contributed by atoms with Crippen molar-refractivity contribution in [2.24, 2.45) is 0 Å². The fraction of sp³-hybridized carbons (Fsp3) is 0.417. The number of hydrogen-bond acceptors (Lipinski definition) is 3. The van der Waals surface area contributed by atoms with Gasteiger partial charge in [0.15, 0.2) is 5.75 Å². The lowest BCUT2D eigenvalue weighted by molar-refractivity contribution is -0.138. The Morgan fingerprint density at radius 2 is 2.00 bits per heavy atom. The summed E-state index contributed by atoms with van der Waals surface area (Å²) in [6, 6.07) is 5.12. The number of carboxylic acid groups (broad SMARTS) is 1. The van der Waals surface area contributed by atoms with Crippen molar-refractivity contribution in [1.82, 2.24) is 4.90 Å². The van der Waals surface area contributed by atoms with Gasteiger partial charge in [-0.2, -0.15) is 0 Å². The molecule has 0 aliphatic rings. The molecule has 1 N–H and O–H groups in total. The Bertz CT molecular complexity index is 392. The maximum atomic E-state index is 10.6. The molecule has 18 heavy (non-hydrogen) atoms. The molecular formula is C12H15Cl2NO3. The summed E-state index contributed by atoms with van der Waals surface area (Å²) >= 11 is 11.9. The van der Waals surface area contributed by atoms with E-state index in [0.717, 1.165) is 0 Å². The minimum Gasteiger partial charge on any atom is -0.489 e. The number of rotatable bonds is 7. The van der Waals surface area contributed by atoms with Gasteiger partial charge in [-0.3, -0.25) is 9.69 Å². The highest BCUT2D eigenvalue weighted by Gasteiger charge is 2.09. The molecule has 0 saturated carbocycles. The molecule has 1 aromatic rings. The normalized spacial score (nSPS) is 10.7. The van der Waals surface area contributed by atoms with Gasteiger partial charge in [0.1, 0.15) is 6.61 Å². The number of halogens is 2. The second-order valence-corrected chi connectivity index (χ2v) is 4.48.